The van der Waals surface area contributed by atoms with E-state index in [1.165, 1.54) is 22.3 Å². The number of aromatic nitrogens is 2. The molecular weight excluding hydrogens is 330 g/mol. The number of rotatable bonds is 6. The monoisotopic (exact) mass is 357 g/mol. The van der Waals surface area contributed by atoms with Gasteiger partial charge in [-0.05, 0) is 60.7 Å². The number of allylic oxidation sites excluding steroid dienone is 4. The lowest BCUT2D eigenvalue weighted by atomic mass is 9.96. The SMILES string of the molecule is C=C/C(=C\C)c1cnc2c(Cc3cccc(C)c3/C=C(/C)NC)cccn12. The second-order valence-electron chi connectivity index (χ2n) is 6.72. The van der Waals surface area contributed by atoms with E-state index in [0.717, 1.165) is 29.0 Å². The first-order chi connectivity index (χ1) is 13.1. The van der Waals surface area contributed by atoms with Crippen molar-refractivity contribution in [1.82, 2.24) is 14.7 Å². The van der Waals surface area contributed by atoms with Crippen LogP contribution in [-0.2, 0) is 6.42 Å². The summed E-state index contributed by atoms with van der Waals surface area (Å²) in [4.78, 5) is 4.71. The number of hydrogen-bond donors (Lipinski definition) is 1. The van der Waals surface area contributed by atoms with E-state index in [9.17, 15) is 0 Å². The van der Waals surface area contributed by atoms with Crippen molar-refractivity contribution < 1.29 is 0 Å². The van der Waals surface area contributed by atoms with E-state index in [1.54, 1.807) is 0 Å². The highest BCUT2D eigenvalue weighted by Gasteiger charge is 2.11. The summed E-state index contributed by atoms with van der Waals surface area (Å²) < 4.78 is 2.15. The first-order valence-corrected chi connectivity index (χ1v) is 9.27. The van der Waals surface area contributed by atoms with Crippen molar-refractivity contribution in [2.24, 2.45) is 0 Å². The van der Waals surface area contributed by atoms with Crippen molar-refractivity contribution in [3.63, 3.8) is 0 Å². The molecule has 0 bridgehead atoms. The van der Waals surface area contributed by atoms with E-state index in [-0.39, 0.29) is 0 Å². The highest BCUT2D eigenvalue weighted by Crippen LogP contribution is 2.24. The highest BCUT2D eigenvalue weighted by atomic mass is 15.0. The Morgan fingerprint density at radius 3 is 2.70 bits per heavy atom. The van der Waals surface area contributed by atoms with Gasteiger partial charge in [-0.2, -0.15) is 0 Å². The van der Waals surface area contributed by atoms with E-state index < -0.39 is 0 Å². The lowest BCUT2D eigenvalue weighted by Crippen LogP contribution is -2.03. The molecule has 0 amide bonds. The maximum Gasteiger partial charge on any atom is 0.140 e. The third-order valence-electron chi connectivity index (χ3n) is 4.99. The summed E-state index contributed by atoms with van der Waals surface area (Å²) in [7, 11) is 1.95. The summed E-state index contributed by atoms with van der Waals surface area (Å²) in [6.07, 6.45) is 11.0. The summed E-state index contributed by atoms with van der Waals surface area (Å²) in [6, 6.07) is 10.7. The van der Waals surface area contributed by atoms with Crippen molar-refractivity contribution in [3.05, 3.63) is 95.1 Å². The predicted molar refractivity (Wildman–Crippen MR) is 116 cm³/mol. The molecule has 2 aromatic heterocycles. The summed E-state index contributed by atoms with van der Waals surface area (Å²) in [5, 5.41) is 3.22. The largest absolute Gasteiger partial charge is 0.392 e. The smallest absolute Gasteiger partial charge is 0.140 e. The van der Waals surface area contributed by atoms with Crippen LogP contribution in [-0.4, -0.2) is 16.4 Å². The Kier molecular flexibility index (Phi) is 5.60. The number of aryl methyl sites for hydroxylation is 1. The molecule has 2 heterocycles. The third kappa shape index (κ3) is 3.72. The molecule has 1 N–H and O–H groups in total. The average Bonchev–Trinajstić information content (AvgIpc) is 3.10. The van der Waals surface area contributed by atoms with Crippen molar-refractivity contribution in [2.75, 3.05) is 7.05 Å². The van der Waals surface area contributed by atoms with Gasteiger partial charge >= 0.3 is 0 Å². The molecule has 1 aromatic carbocycles. The van der Waals surface area contributed by atoms with Crippen LogP contribution in [0.25, 0.3) is 17.3 Å². The fraction of sp³-hybridized carbons (Fsp3) is 0.208. The molecule has 3 rings (SSSR count). The summed E-state index contributed by atoms with van der Waals surface area (Å²) in [6.45, 7) is 10.2. The second-order valence-corrected chi connectivity index (χ2v) is 6.72. The molecule has 0 fully saturated rings. The van der Waals surface area contributed by atoms with E-state index in [0.29, 0.717) is 0 Å². The topological polar surface area (TPSA) is 29.3 Å². The predicted octanol–water partition coefficient (Wildman–Crippen LogP) is 5.40. The lowest BCUT2D eigenvalue weighted by Gasteiger charge is -2.12. The summed E-state index contributed by atoms with van der Waals surface area (Å²) in [5.41, 5.74) is 9.37. The zero-order valence-corrected chi connectivity index (χ0v) is 16.6. The Hall–Kier alpha value is -3.07. The van der Waals surface area contributed by atoms with Gasteiger partial charge in [-0.3, -0.25) is 4.40 Å². The Labute approximate surface area is 161 Å². The fourth-order valence-electron chi connectivity index (χ4n) is 3.39. The van der Waals surface area contributed by atoms with Crippen LogP contribution in [0.2, 0.25) is 0 Å². The molecule has 0 spiro atoms. The zero-order valence-electron chi connectivity index (χ0n) is 16.6. The lowest BCUT2D eigenvalue weighted by molar-refractivity contribution is 1.000. The number of nitrogens with zero attached hydrogens (tertiary/aromatic N) is 2. The van der Waals surface area contributed by atoms with Gasteiger partial charge in [0.2, 0.25) is 0 Å². The van der Waals surface area contributed by atoms with E-state index in [1.807, 2.05) is 26.2 Å². The van der Waals surface area contributed by atoms with Gasteiger partial charge in [0.05, 0.1) is 11.9 Å². The van der Waals surface area contributed by atoms with E-state index in [2.05, 4.69) is 78.8 Å². The van der Waals surface area contributed by atoms with Crippen LogP contribution in [0.5, 0.6) is 0 Å². The summed E-state index contributed by atoms with van der Waals surface area (Å²) in [5.74, 6) is 0. The average molecular weight is 358 g/mol. The van der Waals surface area contributed by atoms with Crippen molar-refractivity contribution in [1.29, 1.82) is 0 Å². The van der Waals surface area contributed by atoms with Gasteiger partial charge in [-0.15, -0.1) is 0 Å². The van der Waals surface area contributed by atoms with Gasteiger partial charge in [0.1, 0.15) is 5.65 Å². The Bertz CT molecular complexity index is 1030. The number of hydrogen-bond acceptors (Lipinski definition) is 2. The van der Waals surface area contributed by atoms with Crippen molar-refractivity contribution >= 4 is 17.3 Å². The van der Waals surface area contributed by atoms with Crippen molar-refractivity contribution in [3.8, 4) is 0 Å². The molecular formula is C24H27N3. The number of benzene rings is 1. The minimum atomic E-state index is 0.838. The molecule has 0 aliphatic heterocycles. The summed E-state index contributed by atoms with van der Waals surface area (Å²) >= 11 is 0. The Balaban J connectivity index is 2.09. The van der Waals surface area contributed by atoms with E-state index >= 15 is 0 Å². The highest BCUT2D eigenvalue weighted by molar-refractivity contribution is 5.73. The van der Waals surface area contributed by atoms with Crippen molar-refractivity contribution in [2.45, 2.75) is 27.2 Å². The second kappa shape index (κ2) is 8.09. The number of pyridine rings is 1. The maximum atomic E-state index is 4.71. The van der Waals surface area contributed by atoms with Gasteiger partial charge in [0, 0.05) is 25.4 Å². The Morgan fingerprint density at radius 2 is 2.00 bits per heavy atom. The van der Waals surface area contributed by atoms with Gasteiger partial charge in [0.25, 0.3) is 0 Å². The normalized spacial score (nSPS) is 12.4. The molecule has 0 atom stereocenters. The maximum absolute atomic E-state index is 4.71. The number of nitrogens with one attached hydrogen (secondary N) is 1. The van der Waals surface area contributed by atoms with Gasteiger partial charge < -0.3 is 5.32 Å². The quantitative estimate of drug-likeness (QED) is 0.598. The molecule has 0 aliphatic rings. The van der Waals surface area contributed by atoms with Crippen LogP contribution in [0.4, 0.5) is 0 Å². The van der Waals surface area contributed by atoms with Gasteiger partial charge in [-0.25, -0.2) is 4.98 Å². The fourth-order valence-corrected chi connectivity index (χ4v) is 3.39. The molecule has 0 saturated carbocycles. The number of imidazole rings is 1. The minimum Gasteiger partial charge on any atom is -0.392 e. The molecule has 3 nitrogen and oxygen atoms in total. The third-order valence-corrected chi connectivity index (χ3v) is 4.99. The first kappa shape index (κ1) is 18.7. The molecule has 3 aromatic rings. The van der Waals surface area contributed by atoms with Crippen LogP contribution < -0.4 is 5.32 Å². The first-order valence-electron chi connectivity index (χ1n) is 9.27. The molecule has 0 aliphatic carbocycles. The van der Waals surface area contributed by atoms with Crippen LogP contribution in [0.15, 0.2) is 67.2 Å². The zero-order chi connectivity index (χ0) is 19.4. The van der Waals surface area contributed by atoms with E-state index in [4.69, 9.17) is 4.98 Å². The molecule has 138 valence electrons. The molecule has 3 heteroatoms. The standard InChI is InChI=1S/C24H27N3/c1-6-19(7-2)23-16-26-24-21(12-9-13-27(23)24)15-20-11-8-10-17(3)22(20)14-18(4)25-5/h6-14,16,25H,1,15H2,2-5H3/b18-14-,19-7+. The minimum absolute atomic E-state index is 0.838. The van der Waals surface area contributed by atoms with Crippen LogP contribution in [0, 0.1) is 6.92 Å². The van der Waals surface area contributed by atoms with Crippen LogP contribution in [0.3, 0.4) is 0 Å². The molecule has 0 saturated heterocycles. The number of fused-ring (bicyclic) bond motifs is 1. The molecule has 0 radical (unpaired) electrons. The van der Waals surface area contributed by atoms with Gasteiger partial charge in [-0.1, -0.05) is 43.0 Å². The van der Waals surface area contributed by atoms with Gasteiger partial charge in [0.15, 0.2) is 0 Å². The molecule has 27 heavy (non-hydrogen) atoms. The Morgan fingerprint density at radius 1 is 1.22 bits per heavy atom. The van der Waals surface area contributed by atoms with Crippen LogP contribution in [0.1, 0.15) is 41.8 Å². The van der Waals surface area contributed by atoms with Crippen LogP contribution >= 0.6 is 0 Å². The molecule has 0 unspecified atom stereocenters.